The predicted octanol–water partition coefficient (Wildman–Crippen LogP) is 2.90. The van der Waals surface area contributed by atoms with Crippen molar-refractivity contribution in [2.75, 3.05) is 42.7 Å². The number of hydrogen-bond acceptors (Lipinski definition) is 10. The molecule has 0 aliphatic carbocycles. The highest BCUT2D eigenvalue weighted by Gasteiger charge is 2.13. The molecule has 38 heavy (non-hydrogen) atoms. The maximum Gasteiger partial charge on any atom is 0.240 e. The quantitative estimate of drug-likeness (QED) is 0.204. The number of benzene rings is 2. The molecule has 0 radical (unpaired) electrons. The Balaban J connectivity index is 1.76. The van der Waals surface area contributed by atoms with Crippen molar-refractivity contribution >= 4 is 24.2 Å². The second-order valence-corrected chi connectivity index (χ2v) is 7.71. The molecule has 12 nitrogen and oxygen atoms in total. The minimum atomic E-state index is -0.269. The van der Waals surface area contributed by atoms with Crippen LogP contribution < -0.4 is 39.3 Å². The third-order valence-electron chi connectivity index (χ3n) is 5.24. The van der Waals surface area contributed by atoms with Gasteiger partial charge in [0.25, 0.3) is 0 Å². The lowest BCUT2D eigenvalue weighted by molar-refractivity contribution is -0.123. The SMILES string of the molecule is COc1cc(C=NNC(=O)CCCCC(=O)NN=Cc2cc(OC)c(OC)c(OC)c2)cc(OC)c1OC. The van der Waals surface area contributed by atoms with Gasteiger partial charge in [0.05, 0.1) is 55.1 Å². The van der Waals surface area contributed by atoms with Gasteiger partial charge in [-0.25, -0.2) is 10.9 Å². The molecule has 0 atom stereocenters. The second-order valence-electron chi connectivity index (χ2n) is 7.71. The molecule has 0 unspecified atom stereocenters. The van der Waals surface area contributed by atoms with Gasteiger partial charge in [-0.3, -0.25) is 9.59 Å². The van der Waals surface area contributed by atoms with Gasteiger partial charge in [-0.15, -0.1) is 0 Å². The Labute approximate surface area is 221 Å². The number of nitrogens with zero attached hydrogens (tertiary/aromatic N) is 2. The van der Waals surface area contributed by atoms with Gasteiger partial charge in [-0.05, 0) is 37.1 Å². The fourth-order valence-electron chi connectivity index (χ4n) is 3.39. The molecule has 206 valence electrons. The molecule has 2 rings (SSSR count). The molecule has 2 amide bonds. The van der Waals surface area contributed by atoms with Crippen LogP contribution in [0, 0.1) is 0 Å². The van der Waals surface area contributed by atoms with Crippen molar-refractivity contribution in [1.82, 2.24) is 10.9 Å². The largest absolute Gasteiger partial charge is 0.493 e. The van der Waals surface area contributed by atoms with Crippen molar-refractivity contribution in [2.24, 2.45) is 10.2 Å². The first kappa shape index (κ1) is 29.7. The van der Waals surface area contributed by atoms with E-state index in [1.54, 1.807) is 24.3 Å². The van der Waals surface area contributed by atoms with Gasteiger partial charge < -0.3 is 28.4 Å². The highest BCUT2D eigenvalue weighted by atomic mass is 16.5. The fraction of sp³-hybridized carbons (Fsp3) is 0.385. The molecule has 2 N–H and O–H groups in total. The Morgan fingerprint density at radius 1 is 0.605 bits per heavy atom. The van der Waals surface area contributed by atoms with Crippen molar-refractivity contribution < 1.29 is 38.0 Å². The molecule has 0 saturated heterocycles. The predicted molar refractivity (Wildman–Crippen MR) is 142 cm³/mol. The number of carbonyl (C=O) groups excluding carboxylic acids is 2. The van der Waals surface area contributed by atoms with Crippen LogP contribution in [0.3, 0.4) is 0 Å². The zero-order valence-electron chi connectivity index (χ0n) is 22.5. The van der Waals surface area contributed by atoms with E-state index < -0.39 is 0 Å². The third kappa shape index (κ3) is 8.57. The van der Waals surface area contributed by atoms with Crippen molar-refractivity contribution in [2.45, 2.75) is 25.7 Å². The monoisotopic (exact) mass is 530 g/mol. The fourth-order valence-corrected chi connectivity index (χ4v) is 3.39. The minimum absolute atomic E-state index is 0.217. The highest BCUT2D eigenvalue weighted by molar-refractivity contribution is 5.85. The second kappa shape index (κ2) is 15.6. The molecule has 0 heterocycles. The summed E-state index contributed by atoms with van der Waals surface area (Å²) >= 11 is 0. The molecular formula is C26H34N4O8. The van der Waals surface area contributed by atoms with E-state index in [-0.39, 0.29) is 24.7 Å². The molecule has 2 aromatic rings. The Bertz CT molecular complexity index is 1010. The summed E-state index contributed by atoms with van der Waals surface area (Å²) in [6.07, 6.45) is 4.40. The first-order valence-electron chi connectivity index (χ1n) is 11.6. The van der Waals surface area contributed by atoms with E-state index in [0.29, 0.717) is 58.5 Å². The number of hydrogen-bond donors (Lipinski definition) is 2. The standard InChI is InChI=1S/C26H34N4O8/c1-33-19-11-17(12-20(34-2)25(19)37-5)15-27-29-23(31)9-7-8-10-24(32)30-28-16-18-13-21(35-3)26(38-6)22(14-18)36-4/h11-16H,7-10H2,1-6H3,(H,29,31)(H,30,32). The molecule has 0 saturated carbocycles. The first-order valence-corrected chi connectivity index (χ1v) is 11.6. The minimum Gasteiger partial charge on any atom is -0.493 e. The van der Waals surface area contributed by atoms with E-state index in [2.05, 4.69) is 21.1 Å². The number of nitrogens with one attached hydrogen (secondary N) is 2. The number of unbranched alkanes of at least 4 members (excludes halogenated alkanes) is 1. The maximum absolute atomic E-state index is 12.1. The summed E-state index contributed by atoms with van der Waals surface area (Å²) in [6, 6.07) is 6.83. The van der Waals surface area contributed by atoms with E-state index in [4.69, 9.17) is 28.4 Å². The molecule has 2 aromatic carbocycles. The van der Waals surface area contributed by atoms with E-state index in [1.165, 1.54) is 55.1 Å². The lowest BCUT2D eigenvalue weighted by atomic mass is 10.2. The molecular weight excluding hydrogens is 496 g/mol. The number of amides is 2. The van der Waals surface area contributed by atoms with Gasteiger partial charge >= 0.3 is 0 Å². The zero-order valence-corrected chi connectivity index (χ0v) is 22.5. The molecule has 0 aromatic heterocycles. The number of hydrazone groups is 2. The molecule has 0 aliphatic rings. The topological polar surface area (TPSA) is 138 Å². The van der Waals surface area contributed by atoms with E-state index in [0.717, 1.165) is 0 Å². The van der Waals surface area contributed by atoms with Crippen LogP contribution in [-0.4, -0.2) is 66.9 Å². The van der Waals surface area contributed by atoms with E-state index in [1.807, 2.05) is 0 Å². The summed E-state index contributed by atoms with van der Waals surface area (Å²) in [5, 5.41) is 7.93. The van der Waals surface area contributed by atoms with Crippen LogP contribution in [0.15, 0.2) is 34.5 Å². The van der Waals surface area contributed by atoms with Gasteiger partial charge in [0.1, 0.15) is 0 Å². The maximum atomic E-state index is 12.1. The summed E-state index contributed by atoms with van der Waals surface area (Å²) in [5.74, 6) is 2.30. The summed E-state index contributed by atoms with van der Waals surface area (Å²) < 4.78 is 31.7. The Morgan fingerprint density at radius 2 is 0.921 bits per heavy atom. The smallest absolute Gasteiger partial charge is 0.240 e. The van der Waals surface area contributed by atoms with Crippen LogP contribution in [0.1, 0.15) is 36.8 Å². The van der Waals surface area contributed by atoms with Crippen LogP contribution in [0.25, 0.3) is 0 Å². The summed E-state index contributed by atoms with van der Waals surface area (Å²) in [7, 11) is 9.10. The average molecular weight is 531 g/mol. The summed E-state index contributed by atoms with van der Waals surface area (Å²) in [6.45, 7) is 0. The molecule has 0 aliphatic heterocycles. The lowest BCUT2D eigenvalue weighted by Gasteiger charge is -2.12. The van der Waals surface area contributed by atoms with Crippen molar-refractivity contribution in [3.63, 3.8) is 0 Å². The van der Waals surface area contributed by atoms with E-state index in [9.17, 15) is 9.59 Å². The lowest BCUT2D eigenvalue weighted by Crippen LogP contribution is -2.19. The van der Waals surface area contributed by atoms with Crippen LogP contribution in [0.2, 0.25) is 0 Å². The van der Waals surface area contributed by atoms with Crippen molar-refractivity contribution in [3.8, 4) is 34.5 Å². The Morgan fingerprint density at radius 3 is 1.18 bits per heavy atom. The molecule has 0 fully saturated rings. The normalized spacial score (nSPS) is 10.8. The average Bonchev–Trinajstić information content (AvgIpc) is 2.93. The third-order valence-corrected chi connectivity index (χ3v) is 5.24. The Kier molecular flexibility index (Phi) is 12.2. The number of ether oxygens (including phenoxy) is 6. The summed E-state index contributed by atoms with van der Waals surface area (Å²) in [4.78, 5) is 24.1. The van der Waals surface area contributed by atoms with Gasteiger partial charge in [0.15, 0.2) is 23.0 Å². The van der Waals surface area contributed by atoms with Gasteiger partial charge in [-0.1, -0.05) is 0 Å². The first-order chi connectivity index (χ1) is 18.4. The van der Waals surface area contributed by atoms with Crippen LogP contribution in [-0.2, 0) is 9.59 Å². The number of methoxy groups -OCH3 is 6. The van der Waals surface area contributed by atoms with Crippen molar-refractivity contribution in [3.05, 3.63) is 35.4 Å². The molecule has 0 spiro atoms. The number of rotatable bonds is 15. The highest BCUT2D eigenvalue weighted by Crippen LogP contribution is 2.38. The van der Waals surface area contributed by atoms with E-state index >= 15 is 0 Å². The van der Waals surface area contributed by atoms with Crippen LogP contribution in [0.5, 0.6) is 34.5 Å². The van der Waals surface area contributed by atoms with Gasteiger partial charge in [0.2, 0.25) is 23.3 Å². The van der Waals surface area contributed by atoms with Crippen LogP contribution >= 0.6 is 0 Å². The zero-order chi connectivity index (χ0) is 27.9. The van der Waals surface area contributed by atoms with Gasteiger partial charge in [-0.2, -0.15) is 10.2 Å². The van der Waals surface area contributed by atoms with Crippen molar-refractivity contribution in [1.29, 1.82) is 0 Å². The van der Waals surface area contributed by atoms with Gasteiger partial charge in [0, 0.05) is 24.0 Å². The molecule has 0 bridgehead atoms. The number of carbonyl (C=O) groups is 2. The summed E-state index contributed by atoms with van der Waals surface area (Å²) in [5.41, 5.74) is 6.24. The van der Waals surface area contributed by atoms with Crippen LogP contribution in [0.4, 0.5) is 0 Å². The molecule has 12 heteroatoms. The Hall–Kier alpha value is -4.48.